The fourth-order valence-electron chi connectivity index (χ4n) is 0.995. The van der Waals surface area contributed by atoms with Crippen molar-refractivity contribution in [2.45, 2.75) is 0 Å². The fourth-order valence-corrected chi connectivity index (χ4v) is 1.14. The lowest BCUT2D eigenvalue weighted by Crippen LogP contribution is -2.01. The quantitative estimate of drug-likeness (QED) is 0.881. The van der Waals surface area contributed by atoms with E-state index in [0.29, 0.717) is 17.3 Å². The molecule has 0 fully saturated rings. The molecule has 0 heterocycles. The summed E-state index contributed by atoms with van der Waals surface area (Å²) >= 11 is 11.1. The summed E-state index contributed by atoms with van der Waals surface area (Å²) in [5.41, 5.74) is 1.99. The maximum Gasteiger partial charge on any atom is 0.165 e. The van der Waals surface area contributed by atoms with E-state index in [1.165, 1.54) is 18.7 Å². The topological polar surface area (TPSA) is 21.3 Å². The standard InChI is InChI=1S/C10H10Cl2FNO/c1-15-10-4-8(2-3-9(10)13)14-6-7(12)5-11/h2-5,14H,6H2,1H3/b7-5-. The number of halogens is 3. The van der Waals surface area contributed by atoms with Gasteiger partial charge in [-0.2, -0.15) is 0 Å². The van der Waals surface area contributed by atoms with Crippen LogP contribution in [0.3, 0.4) is 0 Å². The zero-order valence-corrected chi connectivity index (χ0v) is 9.57. The molecule has 82 valence electrons. The number of hydrogen-bond donors (Lipinski definition) is 1. The Balaban J connectivity index is 2.70. The first kappa shape index (κ1) is 12.1. The first-order valence-corrected chi connectivity index (χ1v) is 5.01. The number of anilines is 1. The molecule has 1 aromatic rings. The Morgan fingerprint density at radius 2 is 2.33 bits per heavy atom. The first-order chi connectivity index (χ1) is 7.17. The second-order valence-electron chi connectivity index (χ2n) is 2.76. The molecular weight excluding hydrogens is 240 g/mol. The Kier molecular flexibility index (Phi) is 4.72. The molecule has 0 spiro atoms. The molecule has 0 amide bonds. The Labute approximate surface area is 97.6 Å². The number of benzene rings is 1. The SMILES string of the molecule is COc1cc(NC/C(Cl)=C/Cl)ccc1F. The van der Waals surface area contributed by atoms with Crippen molar-refractivity contribution in [3.8, 4) is 5.75 Å². The molecule has 0 saturated carbocycles. The Bertz CT molecular complexity index is 368. The van der Waals surface area contributed by atoms with E-state index in [2.05, 4.69) is 5.32 Å². The van der Waals surface area contributed by atoms with E-state index in [1.54, 1.807) is 12.1 Å². The van der Waals surface area contributed by atoms with Crippen molar-refractivity contribution in [2.75, 3.05) is 19.0 Å². The highest BCUT2D eigenvalue weighted by Gasteiger charge is 2.03. The van der Waals surface area contributed by atoms with Crippen molar-refractivity contribution < 1.29 is 9.13 Å². The van der Waals surface area contributed by atoms with Gasteiger partial charge in [0.1, 0.15) is 0 Å². The van der Waals surface area contributed by atoms with Crippen LogP contribution < -0.4 is 10.1 Å². The van der Waals surface area contributed by atoms with Crippen molar-refractivity contribution in [1.82, 2.24) is 0 Å². The summed E-state index contributed by atoms with van der Waals surface area (Å²) in [6, 6.07) is 4.46. The van der Waals surface area contributed by atoms with Crippen LogP contribution in [0.5, 0.6) is 5.75 Å². The second-order valence-corrected chi connectivity index (χ2v) is 3.46. The van der Waals surface area contributed by atoms with Crippen LogP contribution in [0.2, 0.25) is 0 Å². The van der Waals surface area contributed by atoms with E-state index >= 15 is 0 Å². The van der Waals surface area contributed by atoms with Gasteiger partial charge in [0, 0.05) is 22.3 Å². The minimum atomic E-state index is -0.401. The van der Waals surface area contributed by atoms with Gasteiger partial charge in [-0.1, -0.05) is 23.2 Å². The second kappa shape index (κ2) is 5.83. The smallest absolute Gasteiger partial charge is 0.165 e. The molecule has 5 heteroatoms. The zero-order chi connectivity index (χ0) is 11.3. The maximum atomic E-state index is 13.0. The number of rotatable bonds is 4. The van der Waals surface area contributed by atoms with Crippen LogP contribution in [0, 0.1) is 5.82 Å². The van der Waals surface area contributed by atoms with Gasteiger partial charge in [0.15, 0.2) is 11.6 Å². The molecule has 0 radical (unpaired) electrons. The highest BCUT2D eigenvalue weighted by molar-refractivity contribution is 6.36. The van der Waals surface area contributed by atoms with Crippen molar-refractivity contribution >= 4 is 28.9 Å². The molecule has 1 rings (SSSR count). The van der Waals surface area contributed by atoms with Gasteiger partial charge in [-0.15, -0.1) is 0 Å². The molecule has 0 atom stereocenters. The molecule has 0 aliphatic heterocycles. The Morgan fingerprint density at radius 3 is 2.93 bits per heavy atom. The third kappa shape index (κ3) is 3.61. The summed E-state index contributed by atoms with van der Waals surface area (Å²) in [4.78, 5) is 0. The third-order valence-electron chi connectivity index (χ3n) is 1.73. The van der Waals surface area contributed by atoms with Crippen LogP contribution in [0.15, 0.2) is 28.8 Å². The van der Waals surface area contributed by atoms with Crippen LogP contribution in [0.4, 0.5) is 10.1 Å². The maximum absolute atomic E-state index is 13.0. The summed E-state index contributed by atoms with van der Waals surface area (Å²) in [6.07, 6.45) is 0. The zero-order valence-electron chi connectivity index (χ0n) is 8.06. The van der Waals surface area contributed by atoms with Gasteiger partial charge >= 0.3 is 0 Å². The molecule has 1 N–H and O–H groups in total. The molecule has 0 saturated heterocycles. The monoisotopic (exact) mass is 249 g/mol. The van der Waals surface area contributed by atoms with E-state index in [-0.39, 0.29) is 5.75 Å². The summed E-state index contributed by atoms with van der Waals surface area (Å²) < 4.78 is 17.9. The largest absolute Gasteiger partial charge is 0.494 e. The van der Waals surface area contributed by atoms with Gasteiger partial charge in [0.05, 0.1) is 13.7 Å². The fraction of sp³-hybridized carbons (Fsp3) is 0.200. The normalized spacial score (nSPS) is 11.3. The van der Waals surface area contributed by atoms with E-state index in [1.807, 2.05) is 0 Å². The summed E-state index contributed by atoms with van der Waals surface area (Å²) in [5.74, 6) is -0.215. The lowest BCUT2D eigenvalue weighted by molar-refractivity contribution is 0.387. The van der Waals surface area contributed by atoms with Crippen LogP contribution >= 0.6 is 23.2 Å². The average molecular weight is 250 g/mol. The van der Waals surface area contributed by atoms with Gasteiger partial charge < -0.3 is 10.1 Å². The average Bonchev–Trinajstić information content (AvgIpc) is 2.27. The molecule has 0 unspecified atom stereocenters. The highest BCUT2D eigenvalue weighted by atomic mass is 35.5. The number of hydrogen-bond acceptors (Lipinski definition) is 2. The van der Waals surface area contributed by atoms with Crippen molar-refractivity contribution in [3.63, 3.8) is 0 Å². The predicted octanol–water partition coefficient (Wildman–Crippen LogP) is 3.57. The van der Waals surface area contributed by atoms with Gasteiger partial charge in [0.2, 0.25) is 0 Å². The number of methoxy groups -OCH3 is 1. The van der Waals surface area contributed by atoms with Gasteiger partial charge in [-0.05, 0) is 12.1 Å². The Hall–Kier alpha value is -0.930. The number of nitrogens with one attached hydrogen (secondary N) is 1. The van der Waals surface area contributed by atoms with Gasteiger partial charge in [-0.25, -0.2) is 4.39 Å². The third-order valence-corrected chi connectivity index (χ3v) is 2.35. The van der Waals surface area contributed by atoms with Crippen LogP contribution in [-0.4, -0.2) is 13.7 Å². The van der Waals surface area contributed by atoms with Gasteiger partial charge in [-0.3, -0.25) is 0 Å². The van der Waals surface area contributed by atoms with E-state index in [9.17, 15) is 4.39 Å². The predicted molar refractivity (Wildman–Crippen MR) is 61.2 cm³/mol. The van der Waals surface area contributed by atoms with Crippen molar-refractivity contribution in [1.29, 1.82) is 0 Å². The van der Waals surface area contributed by atoms with Crippen molar-refractivity contribution in [2.24, 2.45) is 0 Å². The molecule has 0 aliphatic rings. The van der Waals surface area contributed by atoms with E-state index < -0.39 is 5.82 Å². The van der Waals surface area contributed by atoms with Crippen LogP contribution in [-0.2, 0) is 0 Å². The lowest BCUT2D eigenvalue weighted by Gasteiger charge is -2.07. The minimum Gasteiger partial charge on any atom is -0.494 e. The van der Waals surface area contributed by atoms with Gasteiger partial charge in [0.25, 0.3) is 0 Å². The van der Waals surface area contributed by atoms with Crippen LogP contribution in [0.1, 0.15) is 0 Å². The number of ether oxygens (including phenoxy) is 1. The first-order valence-electron chi connectivity index (χ1n) is 4.19. The minimum absolute atomic E-state index is 0.186. The molecular formula is C10H10Cl2FNO. The molecule has 0 bridgehead atoms. The molecule has 0 aromatic heterocycles. The van der Waals surface area contributed by atoms with Crippen molar-refractivity contribution in [3.05, 3.63) is 34.6 Å². The summed E-state index contributed by atoms with van der Waals surface area (Å²) in [5, 5.41) is 3.44. The molecule has 15 heavy (non-hydrogen) atoms. The molecule has 1 aromatic carbocycles. The van der Waals surface area contributed by atoms with Crippen LogP contribution in [0.25, 0.3) is 0 Å². The van der Waals surface area contributed by atoms with E-state index in [4.69, 9.17) is 27.9 Å². The highest BCUT2D eigenvalue weighted by Crippen LogP contribution is 2.21. The molecule has 2 nitrogen and oxygen atoms in total. The summed E-state index contributed by atoms with van der Waals surface area (Å²) in [7, 11) is 1.41. The van der Waals surface area contributed by atoms with E-state index in [0.717, 1.165) is 0 Å². The Morgan fingerprint density at radius 1 is 1.60 bits per heavy atom. The summed E-state index contributed by atoms with van der Waals surface area (Å²) in [6.45, 7) is 0.389. The molecule has 0 aliphatic carbocycles. The lowest BCUT2D eigenvalue weighted by atomic mass is 10.3.